The summed E-state index contributed by atoms with van der Waals surface area (Å²) in [7, 11) is 1.56. The average molecular weight is 953 g/mol. The third-order valence-corrected chi connectivity index (χ3v) is 12.4. The predicted octanol–water partition coefficient (Wildman–Crippen LogP) is 8.94. The van der Waals surface area contributed by atoms with Crippen molar-refractivity contribution in [2.24, 2.45) is 5.92 Å². The first kappa shape index (κ1) is 52.1. The number of benzene rings is 5. The Hall–Kier alpha value is -7.29. The van der Waals surface area contributed by atoms with Crippen molar-refractivity contribution in [1.29, 1.82) is 0 Å². The minimum Gasteiger partial charge on any atom is -0.493 e. The first-order chi connectivity index (χ1) is 33.6. The lowest BCUT2D eigenvalue weighted by Crippen LogP contribution is -2.64. The fraction of sp³-hybridized carbons (Fsp3) is 0.339. The minimum atomic E-state index is -1.17. The standard InChI is InChI=1S/C56H64N4O10/c1-9-68-53(63)49-39(5)57-46(51(54(64)69-10-2)50(49)40-23-22-30-44(33-40)60(65)66)35-58(52(62)38(3)4)37-55(6,7)59(34-45(61)36-70-48-32-21-20-31-47(48)67-8)56(41-24-14-11-15-25-41,42-26-16-12-17-27-42)43-28-18-13-19-29-43/h11-33,38,45,50,57,61H,9-10,34-37H2,1-8H3. The summed E-state index contributed by atoms with van der Waals surface area (Å²) in [5, 5.41) is 27.8. The van der Waals surface area contributed by atoms with Crippen molar-refractivity contribution in [2.75, 3.05) is 46.6 Å². The van der Waals surface area contributed by atoms with E-state index in [1.165, 1.54) is 18.2 Å². The second kappa shape index (κ2) is 23.3. The van der Waals surface area contributed by atoms with Gasteiger partial charge in [0.2, 0.25) is 5.91 Å². The maximum Gasteiger partial charge on any atom is 0.336 e. The highest BCUT2D eigenvalue weighted by molar-refractivity contribution is 6.00. The molecule has 0 bridgehead atoms. The molecule has 1 aliphatic rings. The fourth-order valence-electron chi connectivity index (χ4n) is 9.45. The molecule has 14 nitrogen and oxygen atoms in total. The first-order valence-electron chi connectivity index (χ1n) is 23.5. The number of nitro benzene ring substituents is 1. The molecule has 14 heteroatoms. The van der Waals surface area contributed by atoms with E-state index in [2.05, 4.69) is 46.6 Å². The molecule has 1 aliphatic heterocycles. The molecule has 6 rings (SSSR count). The van der Waals surface area contributed by atoms with Gasteiger partial charge in [0.05, 0.1) is 54.4 Å². The normalized spacial score (nSPS) is 14.5. The molecule has 0 radical (unpaired) electrons. The second-order valence-electron chi connectivity index (χ2n) is 18.0. The monoisotopic (exact) mass is 952 g/mol. The molecule has 2 N–H and O–H groups in total. The van der Waals surface area contributed by atoms with Gasteiger partial charge in [-0.05, 0) is 69.0 Å². The molecular weight excluding hydrogens is 889 g/mol. The Morgan fingerprint density at radius 1 is 0.757 bits per heavy atom. The van der Waals surface area contributed by atoms with E-state index in [0.717, 1.165) is 16.7 Å². The van der Waals surface area contributed by atoms with Gasteiger partial charge in [-0.25, -0.2) is 9.59 Å². The SMILES string of the molecule is CCOC(=O)C1=C(C)NC(CN(CC(C)(C)N(CC(O)COc2ccccc2OC)C(c2ccccc2)(c2ccccc2)c2ccccc2)C(=O)C(C)C)=C(C(=O)OCC)C1c1cccc([N+](=O)[O-])c1. The topological polar surface area (TPSA) is 170 Å². The van der Waals surface area contributed by atoms with Crippen molar-refractivity contribution in [3.05, 3.63) is 194 Å². The molecule has 0 aliphatic carbocycles. The van der Waals surface area contributed by atoms with Gasteiger partial charge in [0.15, 0.2) is 11.5 Å². The van der Waals surface area contributed by atoms with Gasteiger partial charge in [-0.15, -0.1) is 0 Å². The number of nitro groups is 1. The molecule has 5 aromatic carbocycles. The number of β-amino-alcohol motifs (C(OH)–C–C–N with tert-alkyl or cyclic N) is 1. The summed E-state index contributed by atoms with van der Waals surface area (Å²) in [6.45, 7) is 12.4. The van der Waals surface area contributed by atoms with E-state index in [1.54, 1.807) is 64.8 Å². The van der Waals surface area contributed by atoms with Crippen LogP contribution in [-0.4, -0.2) is 95.9 Å². The summed E-state index contributed by atoms with van der Waals surface area (Å²) in [4.78, 5) is 58.8. The number of aliphatic hydroxyl groups excluding tert-OH is 1. The van der Waals surface area contributed by atoms with E-state index in [1.807, 2.05) is 80.6 Å². The van der Waals surface area contributed by atoms with E-state index in [0.29, 0.717) is 17.2 Å². The number of allylic oxidation sites excluding steroid dienone is 1. The van der Waals surface area contributed by atoms with Crippen molar-refractivity contribution in [1.82, 2.24) is 15.1 Å². The smallest absolute Gasteiger partial charge is 0.336 e. The number of esters is 2. The quantitative estimate of drug-likeness (QED) is 0.0293. The third-order valence-electron chi connectivity index (χ3n) is 12.4. The Morgan fingerprint density at radius 2 is 1.27 bits per heavy atom. The molecular formula is C56H64N4O10. The van der Waals surface area contributed by atoms with Crippen LogP contribution >= 0.6 is 0 Å². The van der Waals surface area contributed by atoms with Crippen LogP contribution in [0.25, 0.3) is 0 Å². The highest BCUT2D eigenvalue weighted by Crippen LogP contribution is 2.47. The summed E-state index contributed by atoms with van der Waals surface area (Å²) >= 11 is 0. The maximum absolute atomic E-state index is 14.9. The molecule has 1 amide bonds. The van der Waals surface area contributed by atoms with Crippen LogP contribution < -0.4 is 14.8 Å². The van der Waals surface area contributed by atoms with E-state index in [4.69, 9.17) is 18.9 Å². The zero-order valence-electron chi connectivity index (χ0n) is 41.2. The van der Waals surface area contributed by atoms with Gasteiger partial charge in [0.1, 0.15) is 12.7 Å². The van der Waals surface area contributed by atoms with Gasteiger partial charge >= 0.3 is 11.9 Å². The largest absolute Gasteiger partial charge is 0.493 e. The van der Waals surface area contributed by atoms with Gasteiger partial charge < -0.3 is 34.3 Å². The number of carbonyl (C=O) groups excluding carboxylic acids is 3. The summed E-state index contributed by atoms with van der Waals surface area (Å²) in [6, 6.07) is 43.1. The number of carbonyl (C=O) groups is 3. The Bertz CT molecular complexity index is 2570. The molecule has 2 atom stereocenters. The van der Waals surface area contributed by atoms with Crippen molar-refractivity contribution < 1.29 is 43.4 Å². The zero-order chi connectivity index (χ0) is 50.6. The van der Waals surface area contributed by atoms with Crippen LogP contribution in [0.2, 0.25) is 0 Å². The number of methoxy groups -OCH3 is 1. The molecule has 1 heterocycles. The lowest BCUT2D eigenvalue weighted by atomic mass is 9.73. The number of para-hydroxylation sites is 2. The summed E-state index contributed by atoms with van der Waals surface area (Å²) in [5.74, 6) is -2.46. The van der Waals surface area contributed by atoms with Crippen molar-refractivity contribution >= 4 is 23.5 Å². The Kier molecular flexibility index (Phi) is 17.4. The van der Waals surface area contributed by atoms with Crippen molar-refractivity contribution in [3.63, 3.8) is 0 Å². The molecule has 2 unspecified atom stereocenters. The van der Waals surface area contributed by atoms with Crippen LogP contribution in [-0.2, 0) is 29.4 Å². The number of aliphatic hydroxyl groups is 1. The second-order valence-corrected chi connectivity index (χ2v) is 18.0. The highest BCUT2D eigenvalue weighted by Gasteiger charge is 2.50. The molecule has 0 saturated heterocycles. The van der Waals surface area contributed by atoms with Crippen molar-refractivity contribution in [2.45, 2.75) is 71.6 Å². The molecule has 368 valence electrons. The predicted molar refractivity (Wildman–Crippen MR) is 268 cm³/mol. The van der Waals surface area contributed by atoms with Crippen LogP contribution in [0.15, 0.2) is 162 Å². The summed E-state index contributed by atoms with van der Waals surface area (Å²) in [5.41, 5.74) is 1.27. The van der Waals surface area contributed by atoms with E-state index < -0.39 is 45.9 Å². The van der Waals surface area contributed by atoms with Gasteiger partial charge in [-0.1, -0.05) is 129 Å². The molecule has 0 saturated carbocycles. The van der Waals surface area contributed by atoms with Crippen LogP contribution in [0.5, 0.6) is 11.5 Å². The van der Waals surface area contributed by atoms with Crippen LogP contribution in [0.4, 0.5) is 5.69 Å². The molecule has 0 aromatic heterocycles. The Labute approximate surface area is 410 Å². The lowest BCUT2D eigenvalue weighted by Gasteiger charge is -2.54. The molecule has 70 heavy (non-hydrogen) atoms. The maximum atomic E-state index is 14.9. The average Bonchev–Trinajstić information content (AvgIpc) is 3.36. The summed E-state index contributed by atoms with van der Waals surface area (Å²) in [6.07, 6.45) is -1.10. The summed E-state index contributed by atoms with van der Waals surface area (Å²) < 4.78 is 23.0. The molecule has 0 fully saturated rings. The number of nitrogens with one attached hydrogen (secondary N) is 1. The zero-order valence-corrected chi connectivity index (χ0v) is 41.2. The van der Waals surface area contributed by atoms with Gasteiger partial charge in [0.25, 0.3) is 5.69 Å². The molecule has 0 spiro atoms. The molecule has 5 aromatic rings. The number of rotatable bonds is 22. The Morgan fingerprint density at radius 3 is 1.77 bits per heavy atom. The van der Waals surface area contributed by atoms with Gasteiger partial charge in [-0.2, -0.15) is 0 Å². The number of non-ortho nitro benzene ring substituents is 1. The lowest BCUT2D eigenvalue weighted by molar-refractivity contribution is -0.384. The number of hydrogen-bond acceptors (Lipinski definition) is 12. The highest BCUT2D eigenvalue weighted by atomic mass is 16.6. The number of amides is 1. The fourth-order valence-corrected chi connectivity index (χ4v) is 9.45. The minimum absolute atomic E-state index is 0.00309. The van der Waals surface area contributed by atoms with Crippen LogP contribution in [0.1, 0.15) is 76.6 Å². The number of ether oxygens (including phenoxy) is 4. The first-order valence-corrected chi connectivity index (χ1v) is 23.5. The van der Waals surface area contributed by atoms with Gasteiger partial charge in [0, 0.05) is 48.1 Å². The number of dihydropyridines is 1. The van der Waals surface area contributed by atoms with E-state index >= 15 is 0 Å². The van der Waals surface area contributed by atoms with Crippen LogP contribution in [0.3, 0.4) is 0 Å². The number of hydrogen-bond donors (Lipinski definition) is 2. The van der Waals surface area contributed by atoms with Crippen LogP contribution in [0, 0.1) is 16.0 Å². The van der Waals surface area contributed by atoms with Gasteiger partial charge in [-0.3, -0.25) is 19.8 Å². The number of nitrogens with zero attached hydrogens (tertiary/aromatic N) is 3. The third kappa shape index (κ3) is 11.4. The Balaban J connectivity index is 1.57. The van der Waals surface area contributed by atoms with E-state index in [9.17, 15) is 29.6 Å². The van der Waals surface area contributed by atoms with E-state index in [-0.39, 0.29) is 73.5 Å². The van der Waals surface area contributed by atoms with Crippen molar-refractivity contribution in [3.8, 4) is 11.5 Å².